The van der Waals surface area contributed by atoms with Crippen LogP contribution in [0.1, 0.15) is 11.3 Å². The first-order chi connectivity index (χ1) is 11.6. The highest BCUT2D eigenvalue weighted by molar-refractivity contribution is 6.30. The van der Waals surface area contributed by atoms with Crippen molar-refractivity contribution in [1.29, 1.82) is 0 Å². The Morgan fingerprint density at radius 3 is 2.54 bits per heavy atom. The number of para-hydroxylation sites is 1. The van der Waals surface area contributed by atoms with E-state index >= 15 is 0 Å². The van der Waals surface area contributed by atoms with Gasteiger partial charge in [-0.2, -0.15) is 0 Å². The Bertz CT molecular complexity index is 887. The topological polar surface area (TPSA) is 48.7 Å². The van der Waals surface area contributed by atoms with Gasteiger partial charge in [-0.1, -0.05) is 29.8 Å². The van der Waals surface area contributed by atoms with Gasteiger partial charge in [0, 0.05) is 11.1 Å². The first-order valence-corrected chi connectivity index (χ1v) is 7.73. The van der Waals surface area contributed by atoms with Gasteiger partial charge in [0.2, 0.25) is 11.2 Å². The Hall–Kier alpha value is -2.72. The fourth-order valence-electron chi connectivity index (χ4n) is 2.11. The minimum atomic E-state index is -0.276. The molecule has 0 atom stereocenters. The fourth-order valence-corrected chi connectivity index (χ4v) is 2.33. The van der Waals surface area contributed by atoms with Gasteiger partial charge in [-0.15, -0.1) is 0 Å². The summed E-state index contributed by atoms with van der Waals surface area (Å²) in [5, 5.41) is 0.611. The summed E-state index contributed by atoms with van der Waals surface area (Å²) in [5.74, 6) is 1.80. The highest BCUT2D eigenvalue weighted by atomic mass is 35.5. The van der Waals surface area contributed by atoms with Gasteiger partial charge in [0.15, 0.2) is 0 Å². The second-order valence-electron chi connectivity index (χ2n) is 5.19. The molecule has 4 nitrogen and oxygen atoms in total. The molecule has 0 saturated carbocycles. The summed E-state index contributed by atoms with van der Waals surface area (Å²) in [6, 6.07) is 15.9. The van der Waals surface area contributed by atoms with Crippen molar-refractivity contribution >= 4 is 11.6 Å². The maximum Gasteiger partial charge on any atom is 0.227 e. The van der Waals surface area contributed by atoms with E-state index in [0.717, 1.165) is 5.56 Å². The first-order valence-electron chi connectivity index (χ1n) is 7.35. The van der Waals surface area contributed by atoms with Crippen LogP contribution in [0.5, 0.6) is 17.2 Å². The van der Waals surface area contributed by atoms with E-state index in [1.165, 1.54) is 12.3 Å². The van der Waals surface area contributed by atoms with Gasteiger partial charge < -0.3 is 13.9 Å². The SMILES string of the molecule is Cc1cc(Cl)ccc1Oc1coc(COc2ccccc2)cc1=O. The van der Waals surface area contributed by atoms with Crippen molar-refractivity contribution in [2.24, 2.45) is 0 Å². The molecule has 5 heteroatoms. The van der Waals surface area contributed by atoms with Gasteiger partial charge in [0.05, 0.1) is 0 Å². The molecule has 0 aliphatic heterocycles. The molecule has 3 rings (SSSR count). The van der Waals surface area contributed by atoms with Crippen LogP contribution in [0.25, 0.3) is 0 Å². The molecule has 24 heavy (non-hydrogen) atoms. The lowest BCUT2D eigenvalue weighted by Crippen LogP contribution is -2.06. The molecule has 3 aromatic rings. The molecule has 0 bridgehead atoms. The maximum absolute atomic E-state index is 12.2. The van der Waals surface area contributed by atoms with Crippen LogP contribution in [0.15, 0.2) is 70.1 Å². The van der Waals surface area contributed by atoms with Crippen LogP contribution in [0.4, 0.5) is 0 Å². The van der Waals surface area contributed by atoms with E-state index in [-0.39, 0.29) is 17.8 Å². The maximum atomic E-state index is 12.2. The number of benzene rings is 2. The molecule has 1 aromatic heterocycles. The molecule has 122 valence electrons. The number of hydrogen-bond donors (Lipinski definition) is 0. The zero-order chi connectivity index (χ0) is 16.9. The lowest BCUT2D eigenvalue weighted by Gasteiger charge is -2.09. The molecule has 2 aromatic carbocycles. The van der Waals surface area contributed by atoms with Crippen LogP contribution >= 0.6 is 11.6 Å². The smallest absolute Gasteiger partial charge is 0.227 e. The predicted molar refractivity (Wildman–Crippen MR) is 92.0 cm³/mol. The molecular formula is C19H15ClO4. The average Bonchev–Trinajstić information content (AvgIpc) is 2.58. The van der Waals surface area contributed by atoms with Gasteiger partial charge in [-0.25, -0.2) is 0 Å². The van der Waals surface area contributed by atoms with Gasteiger partial charge >= 0.3 is 0 Å². The Morgan fingerprint density at radius 2 is 1.83 bits per heavy atom. The van der Waals surface area contributed by atoms with Crippen molar-refractivity contribution in [2.75, 3.05) is 0 Å². The average molecular weight is 343 g/mol. The third-order valence-electron chi connectivity index (χ3n) is 3.33. The van der Waals surface area contributed by atoms with Gasteiger partial charge in [0.1, 0.15) is 30.1 Å². The first kappa shape index (κ1) is 16.1. The summed E-state index contributed by atoms with van der Waals surface area (Å²) in [6.45, 7) is 2.02. The summed E-state index contributed by atoms with van der Waals surface area (Å²) < 4.78 is 16.6. The molecule has 0 aliphatic rings. The van der Waals surface area contributed by atoms with Crippen molar-refractivity contribution in [1.82, 2.24) is 0 Å². The lowest BCUT2D eigenvalue weighted by atomic mass is 10.2. The van der Waals surface area contributed by atoms with E-state index < -0.39 is 0 Å². The summed E-state index contributed by atoms with van der Waals surface area (Å²) in [4.78, 5) is 12.2. The molecule has 0 radical (unpaired) electrons. The fraction of sp³-hybridized carbons (Fsp3) is 0.105. The standard InChI is InChI=1S/C19H15ClO4/c1-13-9-14(20)7-8-18(13)24-19-12-23-16(10-17(19)21)11-22-15-5-3-2-4-6-15/h2-10,12H,11H2,1H3. The Balaban J connectivity index is 1.71. The summed E-state index contributed by atoms with van der Waals surface area (Å²) in [7, 11) is 0. The molecule has 0 spiro atoms. The van der Waals surface area contributed by atoms with Crippen molar-refractivity contribution < 1.29 is 13.9 Å². The van der Waals surface area contributed by atoms with E-state index in [1.54, 1.807) is 18.2 Å². The molecule has 0 aliphatic carbocycles. The van der Waals surface area contributed by atoms with Crippen LogP contribution in [0.3, 0.4) is 0 Å². The van der Waals surface area contributed by atoms with Crippen LogP contribution in [0.2, 0.25) is 5.02 Å². The van der Waals surface area contributed by atoms with Crippen LogP contribution in [-0.4, -0.2) is 0 Å². The number of halogens is 1. The van der Waals surface area contributed by atoms with Crippen molar-refractivity contribution in [3.8, 4) is 17.2 Å². The quantitative estimate of drug-likeness (QED) is 0.656. The largest absolute Gasteiger partial charge is 0.486 e. The molecule has 0 fully saturated rings. The minimum absolute atomic E-state index is 0.115. The highest BCUT2D eigenvalue weighted by Crippen LogP contribution is 2.25. The van der Waals surface area contributed by atoms with Crippen molar-refractivity contribution in [2.45, 2.75) is 13.5 Å². The van der Waals surface area contributed by atoms with E-state index in [9.17, 15) is 4.79 Å². The van der Waals surface area contributed by atoms with Gasteiger partial charge in [-0.05, 0) is 42.8 Å². The summed E-state index contributed by atoms with van der Waals surface area (Å²) in [5.41, 5.74) is 0.556. The zero-order valence-corrected chi connectivity index (χ0v) is 13.7. The Labute approximate surface area is 144 Å². The molecule has 0 N–H and O–H groups in total. The third-order valence-corrected chi connectivity index (χ3v) is 3.57. The van der Waals surface area contributed by atoms with Crippen molar-refractivity contribution in [3.63, 3.8) is 0 Å². The normalized spacial score (nSPS) is 10.4. The van der Waals surface area contributed by atoms with E-state index in [4.69, 9.17) is 25.5 Å². The van der Waals surface area contributed by atoms with E-state index in [1.807, 2.05) is 37.3 Å². The van der Waals surface area contributed by atoms with Crippen molar-refractivity contribution in [3.05, 3.63) is 87.4 Å². The van der Waals surface area contributed by atoms with Gasteiger partial charge in [-0.3, -0.25) is 4.79 Å². The minimum Gasteiger partial charge on any atom is -0.486 e. The lowest BCUT2D eigenvalue weighted by molar-refractivity contribution is 0.264. The molecule has 0 amide bonds. The van der Waals surface area contributed by atoms with Crippen LogP contribution < -0.4 is 14.9 Å². The third kappa shape index (κ3) is 3.97. The van der Waals surface area contributed by atoms with Crippen LogP contribution in [0, 0.1) is 6.92 Å². The number of aryl methyl sites for hydroxylation is 1. The predicted octanol–water partition coefficient (Wildman–Crippen LogP) is 4.97. The van der Waals surface area contributed by atoms with Crippen LogP contribution in [-0.2, 0) is 6.61 Å². The summed E-state index contributed by atoms with van der Waals surface area (Å²) in [6.07, 6.45) is 1.29. The van der Waals surface area contributed by atoms with E-state index in [2.05, 4.69) is 0 Å². The molecular weight excluding hydrogens is 328 g/mol. The Kier molecular flexibility index (Phi) is 4.87. The zero-order valence-electron chi connectivity index (χ0n) is 13.0. The number of rotatable bonds is 5. The summed E-state index contributed by atoms with van der Waals surface area (Å²) >= 11 is 5.91. The second kappa shape index (κ2) is 7.23. The van der Waals surface area contributed by atoms with Gasteiger partial charge in [0.25, 0.3) is 0 Å². The number of hydrogen-bond acceptors (Lipinski definition) is 4. The van der Waals surface area contributed by atoms with E-state index in [0.29, 0.717) is 22.3 Å². The molecule has 0 saturated heterocycles. The number of ether oxygens (including phenoxy) is 2. The molecule has 0 unspecified atom stereocenters. The monoisotopic (exact) mass is 342 g/mol. The molecule has 1 heterocycles. The second-order valence-corrected chi connectivity index (χ2v) is 5.62. The highest BCUT2D eigenvalue weighted by Gasteiger charge is 2.09. The Morgan fingerprint density at radius 1 is 1.04 bits per heavy atom.